The van der Waals surface area contributed by atoms with Gasteiger partial charge in [-0.1, -0.05) is 30.3 Å². The number of aromatic hydroxyl groups is 2. The molecular weight excluding hydrogens is 548 g/mol. The first-order valence-corrected chi connectivity index (χ1v) is 12.9. The summed E-state index contributed by atoms with van der Waals surface area (Å²) >= 11 is 0. The Morgan fingerprint density at radius 2 is 1.37 bits per heavy atom. The number of benzene rings is 2. The molecule has 0 spiro atoms. The Labute approximate surface area is 233 Å². The maximum Gasteiger partial charge on any atom is 0.229 e. The monoisotopic (exact) mass is 582 g/mol. The summed E-state index contributed by atoms with van der Waals surface area (Å²) in [4.78, 5) is 13.5. The molecule has 0 aromatic heterocycles. The third kappa shape index (κ3) is 6.17. The van der Waals surface area contributed by atoms with Gasteiger partial charge in [-0.3, -0.25) is 4.79 Å². The fourth-order valence-electron chi connectivity index (χ4n) is 4.95. The lowest BCUT2D eigenvalue weighted by atomic mass is 9.88. The lowest BCUT2D eigenvalue weighted by molar-refractivity contribution is -0.277. The minimum atomic E-state index is -1.91. The third-order valence-corrected chi connectivity index (χ3v) is 7.31. The first-order valence-electron chi connectivity index (χ1n) is 12.9. The Balaban J connectivity index is 1.75. The number of aliphatic hydroxyl groups is 8. The maximum absolute atomic E-state index is 13.5. The predicted octanol–water partition coefficient (Wildman–Crippen LogP) is -2.39. The second-order valence-electron chi connectivity index (χ2n) is 10.0. The molecule has 0 bridgehead atoms. The number of hydrogen-bond acceptors (Lipinski definition) is 14. The molecule has 226 valence electrons. The Bertz CT molecular complexity index is 1190. The molecule has 14 heteroatoms. The van der Waals surface area contributed by atoms with E-state index in [0.29, 0.717) is 0 Å². The van der Waals surface area contributed by atoms with Gasteiger partial charge < -0.3 is 65.3 Å². The summed E-state index contributed by atoms with van der Waals surface area (Å²) in [5.41, 5.74) is -0.307. The van der Waals surface area contributed by atoms with E-state index in [2.05, 4.69) is 0 Å². The summed E-state index contributed by atoms with van der Waals surface area (Å²) in [6.07, 6.45) is -17.1. The van der Waals surface area contributed by atoms with Gasteiger partial charge >= 0.3 is 0 Å². The Hall–Kier alpha value is -2.89. The minimum Gasteiger partial charge on any atom is -0.507 e. The maximum atomic E-state index is 13.5. The normalized spacial score (nSPS) is 33.9. The summed E-state index contributed by atoms with van der Waals surface area (Å²) in [6.45, 7) is -1.55. The number of Topliss-reactive ketones (excluding diaryl/α,β-unsaturated/α-hetero) is 1. The van der Waals surface area contributed by atoms with Crippen LogP contribution in [0.2, 0.25) is 0 Å². The summed E-state index contributed by atoms with van der Waals surface area (Å²) in [5.74, 6) is -2.97. The van der Waals surface area contributed by atoms with Crippen molar-refractivity contribution in [1.29, 1.82) is 0 Å². The van der Waals surface area contributed by atoms with Crippen molar-refractivity contribution >= 4 is 5.78 Å². The highest BCUT2D eigenvalue weighted by atomic mass is 16.7. The van der Waals surface area contributed by atoms with E-state index in [9.17, 15) is 55.9 Å². The highest BCUT2D eigenvalue weighted by Crippen LogP contribution is 2.47. The van der Waals surface area contributed by atoms with Gasteiger partial charge in [0.05, 0.1) is 18.8 Å². The van der Waals surface area contributed by atoms with Crippen LogP contribution in [0.5, 0.6) is 17.2 Å². The molecule has 2 saturated heterocycles. The number of ketones is 1. The van der Waals surface area contributed by atoms with Crippen molar-refractivity contribution in [1.82, 2.24) is 0 Å². The first kappa shape index (κ1) is 31.1. The topological polar surface area (TPSA) is 247 Å². The van der Waals surface area contributed by atoms with E-state index in [-0.39, 0.29) is 12.8 Å². The molecule has 10 atom stereocenters. The summed E-state index contributed by atoms with van der Waals surface area (Å²) in [5, 5.41) is 103. The molecule has 4 rings (SSSR count). The minimum absolute atomic E-state index is 0.193. The van der Waals surface area contributed by atoms with Gasteiger partial charge in [0.15, 0.2) is 5.78 Å². The van der Waals surface area contributed by atoms with Crippen molar-refractivity contribution in [3.8, 4) is 17.2 Å². The van der Waals surface area contributed by atoms with Crippen LogP contribution < -0.4 is 4.74 Å². The van der Waals surface area contributed by atoms with E-state index in [1.54, 1.807) is 30.3 Å². The number of aliphatic hydroxyl groups excluding tert-OH is 8. The quantitative estimate of drug-likeness (QED) is 0.139. The smallest absolute Gasteiger partial charge is 0.229 e. The van der Waals surface area contributed by atoms with Gasteiger partial charge in [0.1, 0.15) is 77.7 Å². The van der Waals surface area contributed by atoms with Gasteiger partial charge in [0.25, 0.3) is 0 Å². The third-order valence-electron chi connectivity index (χ3n) is 7.31. The van der Waals surface area contributed by atoms with Gasteiger partial charge in [0.2, 0.25) is 6.29 Å². The average Bonchev–Trinajstić information content (AvgIpc) is 2.96. The van der Waals surface area contributed by atoms with E-state index in [4.69, 9.17) is 14.2 Å². The van der Waals surface area contributed by atoms with Crippen molar-refractivity contribution in [3.63, 3.8) is 0 Å². The molecule has 2 aliphatic heterocycles. The standard InChI is InChI=1S/C27H34O14/c28-9-15-19(32)22(35)24(37)26(39-15)18-13(31)8-14(40-27-25(38)23(36)20(33)16(10-29)41-27)17(21(18)34)12(30)7-6-11-4-2-1-3-5-11/h1-5,8,15-16,19-20,22-29,31-38H,6-7,9-10H2/t15-,16-,19-,20-,22+,23+,24-,25-,26+,27-/m1/s1. The summed E-state index contributed by atoms with van der Waals surface area (Å²) in [6, 6.07) is 9.72. The predicted molar refractivity (Wildman–Crippen MR) is 136 cm³/mol. The van der Waals surface area contributed by atoms with E-state index in [1.807, 2.05) is 0 Å². The van der Waals surface area contributed by atoms with E-state index in [0.717, 1.165) is 11.6 Å². The molecule has 0 unspecified atom stereocenters. The number of carbonyl (C=O) groups excluding carboxylic acids is 1. The van der Waals surface area contributed by atoms with Crippen LogP contribution >= 0.6 is 0 Å². The Morgan fingerprint density at radius 1 is 0.780 bits per heavy atom. The first-order chi connectivity index (χ1) is 19.5. The van der Waals surface area contributed by atoms with Crippen LogP contribution in [-0.4, -0.2) is 125 Å². The van der Waals surface area contributed by atoms with Crippen molar-refractivity contribution in [2.75, 3.05) is 13.2 Å². The molecule has 2 aromatic rings. The average molecular weight is 583 g/mol. The fraction of sp³-hybridized carbons (Fsp3) is 0.519. The summed E-state index contributed by atoms with van der Waals surface area (Å²) < 4.78 is 16.4. The summed E-state index contributed by atoms with van der Waals surface area (Å²) in [7, 11) is 0. The Kier molecular flexibility index (Phi) is 9.81. The zero-order valence-electron chi connectivity index (χ0n) is 21.7. The molecule has 0 aliphatic carbocycles. The number of rotatable bonds is 9. The zero-order chi connectivity index (χ0) is 30.0. The van der Waals surface area contributed by atoms with Crippen LogP contribution in [0.3, 0.4) is 0 Å². The van der Waals surface area contributed by atoms with E-state index in [1.165, 1.54) is 0 Å². The van der Waals surface area contributed by atoms with Crippen LogP contribution in [0.25, 0.3) is 0 Å². The van der Waals surface area contributed by atoms with Crippen LogP contribution in [-0.2, 0) is 15.9 Å². The molecule has 0 amide bonds. The molecule has 2 fully saturated rings. The van der Waals surface area contributed by atoms with Crippen LogP contribution in [0, 0.1) is 0 Å². The lowest BCUT2D eigenvalue weighted by Crippen LogP contribution is -2.60. The van der Waals surface area contributed by atoms with Crippen molar-refractivity contribution in [2.45, 2.75) is 74.1 Å². The number of phenolic OH excluding ortho intramolecular Hbond substituents is 2. The number of hydrogen-bond donors (Lipinski definition) is 10. The van der Waals surface area contributed by atoms with Crippen molar-refractivity contribution < 1.29 is 70.1 Å². The second-order valence-corrected chi connectivity index (χ2v) is 10.0. The van der Waals surface area contributed by atoms with Crippen LogP contribution in [0.4, 0.5) is 0 Å². The molecule has 2 aliphatic rings. The molecule has 2 heterocycles. The molecule has 41 heavy (non-hydrogen) atoms. The molecule has 0 saturated carbocycles. The lowest BCUT2D eigenvalue weighted by Gasteiger charge is -2.41. The number of aryl methyl sites for hydroxylation is 1. The van der Waals surface area contributed by atoms with Gasteiger partial charge in [-0.15, -0.1) is 0 Å². The van der Waals surface area contributed by atoms with Gasteiger partial charge in [-0.2, -0.15) is 0 Å². The van der Waals surface area contributed by atoms with Crippen molar-refractivity contribution in [2.24, 2.45) is 0 Å². The number of phenols is 2. The molecule has 10 N–H and O–H groups in total. The zero-order valence-corrected chi connectivity index (χ0v) is 21.7. The largest absolute Gasteiger partial charge is 0.507 e. The van der Waals surface area contributed by atoms with Crippen LogP contribution in [0.1, 0.15) is 34.0 Å². The van der Waals surface area contributed by atoms with Gasteiger partial charge in [-0.05, 0) is 12.0 Å². The SMILES string of the molecule is O=C(CCc1ccccc1)c1c(O[C@@H]2O[C@H](CO)[C@@H](O)[C@H](O)[C@H]2O)cc(O)c([C@@H]2O[C@H](CO)[C@@H](O)[C@H](O)[C@H]2O)c1O. The highest BCUT2D eigenvalue weighted by Gasteiger charge is 2.48. The van der Waals surface area contributed by atoms with Crippen LogP contribution in [0.15, 0.2) is 36.4 Å². The van der Waals surface area contributed by atoms with E-state index >= 15 is 0 Å². The Morgan fingerprint density at radius 3 is 1.98 bits per heavy atom. The number of carbonyl (C=O) groups is 1. The molecule has 0 radical (unpaired) electrons. The highest BCUT2D eigenvalue weighted by molar-refractivity contribution is 6.02. The number of ether oxygens (including phenoxy) is 3. The fourth-order valence-corrected chi connectivity index (χ4v) is 4.95. The molecule has 14 nitrogen and oxygen atoms in total. The van der Waals surface area contributed by atoms with Gasteiger partial charge in [0, 0.05) is 12.5 Å². The van der Waals surface area contributed by atoms with Gasteiger partial charge in [-0.25, -0.2) is 0 Å². The molecule has 2 aromatic carbocycles. The second kappa shape index (κ2) is 13.0. The molecular formula is C27H34O14. The van der Waals surface area contributed by atoms with E-state index < -0.39 is 109 Å². The van der Waals surface area contributed by atoms with Crippen molar-refractivity contribution in [3.05, 3.63) is 53.1 Å².